The molecule has 0 fully saturated rings. The molecule has 0 saturated heterocycles. The van der Waals surface area contributed by atoms with Gasteiger partial charge in [0.05, 0.1) is 11.1 Å². The zero-order valence-electron chi connectivity index (χ0n) is 8.09. The van der Waals surface area contributed by atoms with Crippen LogP contribution in [0.3, 0.4) is 0 Å². The number of cyclic esters (lactones) is 2. The van der Waals surface area contributed by atoms with E-state index in [1.54, 1.807) is 6.07 Å². The minimum Gasteiger partial charge on any atom is -0.386 e. The number of hydrogen-bond acceptors (Lipinski definition) is 3. The molecule has 0 unspecified atom stereocenters. The van der Waals surface area contributed by atoms with E-state index in [0.29, 0.717) is 11.1 Å². The van der Waals surface area contributed by atoms with Crippen LogP contribution in [0.25, 0.3) is 0 Å². The maximum absolute atomic E-state index is 11.3. The molecule has 1 aromatic carbocycles. The van der Waals surface area contributed by atoms with Gasteiger partial charge in [-0.3, -0.25) is 0 Å². The Labute approximate surface area is 81.7 Å². The summed E-state index contributed by atoms with van der Waals surface area (Å²) in [6.07, 6.45) is 0.843. The fourth-order valence-corrected chi connectivity index (χ4v) is 1.69. The summed E-state index contributed by atoms with van der Waals surface area (Å²) in [6.45, 7) is 3.82. The summed E-state index contributed by atoms with van der Waals surface area (Å²) in [6, 6.07) is 3.65. The molecular weight excluding hydrogens is 180 g/mol. The number of esters is 2. The minimum atomic E-state index is -0.525. The lowest BCUT2D eigenvalue weighted by Crippen LogP contribution is -1.98. The van der Waals surface area contributed by atoms with Crippen molar-refractivity contribution < 1.29 is 14.3 Å². The number of fused-ring (bicyclic) bond motifs is 1. The molecule has 0 saturated carbocycles. The van der Waals surface area contributed by atoms with E-state index in [2.05, 4.69) is 4.74 Å². The van der Waals surface area contributed by atoms with Gasteiger partial charge in [-0.25, -0.2) is 9.59 Å². The fraction of sp³-hybridized carbons (Fsp3) is 0.273. The quantitative estimate of drug-likeness (QED) is 0.501. The third kappa shape index (κ3) is 1.13. The van der Waals surface area contributed by atoms with Crippen LogP contribution in [0.1, 0.15) is 38.8 Å². The van der Waals surface area contributed by atoms with Gasteiger partial charge in [-0.15, -0.1) is 0 Å². The van der Waals surface area contributed by atoms with Crippen molar-refractivity contribution in [2.75, 3.05) is 0 Å². The predicted molar refractivity (Wildman–Crippen MR) is 50.3 cm³/mol. The molecule has 2 rings (SSSR count). The van der Waals surface area contributed by atoms with Crippen molar-refractivity contribution in [2.45, 2.75) is 20.3 Å². The second-order valence-electron chi connectivity index (χ2n) is 3.37. The van der Waals surface area contributed by atoms with Crippen molar-refractivity contribution in [3.63, 3.8) is 0 Å². The summed E-state index contributed by atoms with van der Waals surface area (Å²) >= 11 is 0. The summed E-state index contributed by atoms with van der Waals surface area (Å²) in [5.41, 5.74) is 2.70. The van der Waals surface area contributed by atoms with Gasteiger partial charge in [-0.2, -0.15) is 0 Å². The third-order valence-electron chi connectivity index (χ3n) is 2.41. The summed E-state index contributed by atoms with van der Waals surface area (Å²) in [4.78, 5) is 22.5. The van der Waals surface area contributed by atoms with Crippen LogP contribution < -0.4 is 0 Å². The van der Waals surface area contributed by atoms with Crippen molar-refractivity contribution in [3.05, 3.63) is 34.4 Å². The Morgan fingerprint density at radius 1 is 1.21 bits per heavy atom. The van der Waals surface area contributed by atoms with E-state index in [1.807, 2.05) is 19.9 Å². The third-order valence-corrected chi connectivity index (χ3v) is 2.41. The molecule has 1 aliphatic rings. The van der Waals surface area contributed by atoms with Crippen LogP contribution in [-0.4, -0.2) is 11.9 Å². The minimum absolute atomic E-state index is 0.409. The number of rotatable bonds is 1. The van der Waals surface area contributed by atoms with Crippen LogP contribution in [-0.2, 0) is 11.2 Å². The molecule has 0 amide bonds. The van der Waals surface area contributed by atoms with Crippen LogP contribution >= 0.6 is 0 Å². The normalized spacial score (nSPS) is 14.1. The van der Waals surface area contributed by atoms with E-state index >= 15 is 0 Å². The lowest BCUT2D eigenvalue weighted by atomic mass is 9.99. The average Bonchev–Trinajstić information content (AvgIpc) is 2.42. The second kappa shape index (κ2) is 2.94. The largest absolute Gasteiger partial charge is 0.386 e. The van der Waals surface area contributed by atoms with Crippen LogP contribution in [0.4, 0.5) is 0 Å². The first-order chi connectivity index (χ1) is 6.63. The number of aryl methyl sites for hydroxylation is 2. The molecule has 14 heavy (non-hydrogen) atoms. The van der Waals surface area contributed by atoms with Gasteiger partial charge in [0.25, 0.3) is 0 Å². The Balaban J connectivity index is 2.68. The molecule has 0 spiro atoms. The van der Waals surface area contributed by atoms with E-state index < -0.39 is 11.9 Å². The average molecular weight is 190 g/mol. The topological polar surface area (TPSA) is 43.4 Å². The molecular formula is C11H10O3. The molecule has 0 radical (unpaired) electrons. The Kier molecular flexibility index (Phi) is 1.88. The van der Waals surface area contributed by atoms with Gasteiger partial charge >= 0.3 is 11.9 Å². The highest BCUT2D eigenvalue weighted by Gasteiger charge is 2.31. The van der Waals surface area contributed by atoms with Gasteiger partial charge in [0.15, 0.2) is 0 Å². The van der Waals surface area contributed by atoms with Gasteiger partial charge in [-0.1, -0.05) is 13.0 Å². The van der Waals surface area contributed by atoms with Crippen molar-refractivity contribution in [3.8, 4) is 0 Å². The van der Waals surface area contributed by atoms with Crippen LogP contribution in [0.15, 0.2) is 12.1 Å². The molecule has 1 aliphatic heterocycles. The molecule has 72 valence electrons. The van der Waals surface area contributed by atoms with Crippen molar-refractivity contribution in [2.24, 2.45) is 0 Å². The Hall–Kier alpha value is -1.64. The van der Waals surface area contributed by atoms with Gasteiger partial charge in [-0.05, 0) is 30.5 Å². The van der Waals surface area contributed by atoms with E-state index in [1.165, 1.54) is 0 Å². The van der Waals surface area contributed by atoms with Crippen molar-refractivity contribution >= 4 is 11.9 Å². The highest BCUT2D eigenvalue weighted by atomic mass is 16.6. The van der Waals surface area contributed by atoms with Gasteiger partial charge in [0.2, 0.25) is 0 Å². The molecule has 0 bridgehead atoms. The smallest absolute Gasteiger partial charge is 0.347 e. The van der Waals surface area contributed by atoms with Gasteiger partial charge < -0.3 is 4.74 Å². The number of hydrogen-bond donors (Lipinski definition) is 0. The molecule has 1 heterocycles. The first-order valence-electron chi connectivity index (χ1n) is 4.53. The molecule has 1 aromatic rings. The number of ether oxygens (including phenoxy) is 1. The standard InChI is InChI=1S/C11H10O3/c1-3-7-4-6(2)9-8(5-7)10(12)14-11(9)13/h4-5H,3H2,1-2H3. The first kappa shape index (κ1) is 8.94. The predicted octanol–water partition coefficient (Wildman–Crippen LogP) is 1.87. The summed E-state index contributed by atoms with van der Waals surface area (Å²) < 4.78 is 4.53. The first-order valence-corrected chi connectivity index (χ1v) is 4.53. The molecule has 0 aromatic heterocycles. The molecule has 0 aliphatic carbocycles. The maximum atomic E-state index is 11.3. The molecule has 3 heteroatoms. The van der Waals surface area contributed by atoms with Crippen LogP contribution in [0.2, 0.25) is 0 Å². The van der Waals surface area contributed by atoms with E-state index in [0.717, 1.165) is 17.5 Å². The lowest BCUT2D eigenvalue weighted by molar-refractivity contribution is 0.0443. The number of carbonyl (C=O) groups excluding carboxylic acids is 2. The second-order valence-corrected chi connectivity index (χ2v) is 3.37. The Bertz CT molecular complexity index is 432. The van der Waals surface area contributed by atoms with E-state index in [9.17, 15) is 9.59 Å². The van der Waals surface area contributed by atoms with E-state index in [4.69, 9.17) is 0 Å². The van der Waals surface area contributed by atoms with Crippen molar-refractivity contribution in [1.82, 2.24) is 0 Å². The van der Waals surface area contributed by atoms with Crippen LogP contribution in [0, 0.1) is 6.92 Å². The molecule has 0 atom stereocenters. The summed E-state index contributed by atoms with van der Waals surface area (Å²) in [7, 11) is 0. The highest BCUT2D eigenvalue weighted by molar-refractivity contribution is 6.15. The maximum Gasteiger partial charge on any atom is 0.347 e. The zero-order chi connectivity index (χ0) is 10.3. The van der Waals surface area contributed by atoms with Gasteiger partial charge in [0.1, 0.15) is 0 Å². The highest BCUT2D eigenvalue weighted by Crippen LogP contribution is 2.25. The molecule has 3 nitrogen and oxygen atoms in total. The molecule has 0 N–H and O–H groups in total. The van der Waals surface area contributed by atoms with Crippen molar-refractivity contribution in [1.29, 1.82) is 0 Å². The monoisotopic (exact) mass is 190 g/mol. The fourth-order valence-electron chi connectivity index (χ4n) is 1.69. The Morgan fingerprint density at radius 3 is 2.57 bits per heavy atom. The summed E-state index contributed by atoms with van der Waals surface area (Å²) in [5, 5.41) is 0. The lowest BCUT2D eigenvalue weighted by Gasteiger charge is -2.02. The SMILES string of the molecule is CCc1cc(C)c2c(c1)C(=O)OC2=O. The van der Waals surface area contributed by atoms with Crippen LogP contribution in [0.5, 0.6) is 0 Å². The number of benzene rings is 1. The summed E-state index contributed by atoms with van der Waals surface area (Å²) in [5.74, 6) is -1.05. The Morgan fingerprint density at radius 2 is 1.93 bits per heavy atom. The number of carbonyl (C=O) groups is 2. The van der Waals surface area contributed by atoms with Gasteiger partial charge in [0, 0.05) is 0 Å². The zero-order valence-corrected chi connectivity index (χ0v) is 8.09. The van der Waals surface area contributed by atoms with E-state index in [-0.39, 0.29) is 0 Å².